The highest BCUT2D eigenvalue weighted by atomic mass is 32.2. The minimum Gasteiger partial charge on any atom is -0.312 e. The maximum atomic E-state index is 11.4. The first-order valence-corrected chi connectivity index (χ1v) is 7.16. The van der Waals surface area contributed by atoms with Crippen LogP contribution in [0.5, 0.6) is 0 Å². The van der Waals surface area contributed by atoms with E-state index >= 15 is 0 Å². The molecule has 82 valence electrons. The van der Waals surface area contributed by atoms with Crippen LogP contribution in [0.1, 0.15) is 26.7 Å². The van der Waals surface area contributed by atoms with Crippen molar-refractivity contribution in [1.82, 2.24) is 5.32 Å². The molecule has 4 heteroatoms. The number of nitrogens with one attached hydrogen (secondary N) is 1. The third-order valence-corrected chi connectivity index (χ3v) is 5.43. The minimum absolute atomic E-state index is 0.192. The van der Waals surface area contributed by atoms with E-state index in [4.69, 9.17) is 0 Å². The molecular formula is C10H19NO2S. The maximum Gasteiger partial charge on any atom is 0.152 e. The Morgan fingerprint density at radius 2 is 2.00 bits per heavy atom. The van der Waals surface area contributed by atoms with E-state index in [0.717, 1.165) is 6.54 Å². The highest BCUT2D eigenvalue weighted by molar-refractivity contribution is 7.91. The van der Waals surface area contributed by atoms with Crippen molar-refractivity contribution in [3.63, 3.8) is 0 Å². The number of hydrogen-bond acceptors (Lipinski definition) is 3. The van der Waals surface area contributed by atoms with Gasteiger partial charge in [-0.2, -0.15) is 0 Å². The van der Waals surface area contributed by atoms with Crippen LogP contribution < -0.4 is 5.32 Å². The average molecular weight is 217 g/mol. The lowest BCUT2D eigenvalue weighted by atomic mass is 10.0. The van der Waals surface area contributed by atoms with Gasteiger partial charge in [-0.1, -0.05) is 13.8 Å². The fraction of sp³-hybridized carbons (Fsp3) is 1.00. The fourth-order valence-corrected chi connectivity index (χ4v) is 4.21. The second kappa shape index (κ2) is 3.20. The molecule has 2 rings (SSSR count). The second-order valence-corrected chi connectivity index (χ2v) is 7.51. The molecule has 2 aliphatic rings. The van der Waals surface area contributed by atoms with Crippen LogP contribution in [0, 0.1) is 11.3 Å². The summed E-state index contributed by atoms with van der Waals surface area (Å²) in [6.45, 7) is 5.27. The number of sulfone groups is 1. The Bertz CT molecular complexity index is 319. The van der Waals surface area contributed by atoms with Crippen molar-refractivity contribution >= 4 is 9.84 Å². The van der Waals surface area contributed by atoms with Gasteiger partial charge in [0, 0.05) is 12.6 Å². The van der Waals surface area contributed by atoms with Crippen molar-refractivity contribution in [3.05, 3.63) is 0 Å². The van der Waals surface area contributed by atoms with Gasteiger partial charge in [-0.05, 0) is 24.2 Å². The van der Waals surface area contributed by atoms with Crippen LogP contribution in [-0.4, -0.2) is 32.5 Å². The van der Waals surface area contributed by atoms with Crippen molar-refractivity contribution in [2.75, 3.05) is 18.1 Å². The summed E-state index contributed by atoms with van der Waals surface area (Å²) in [4.78, 5) is 0. The Labute approximate surface area is 86.2 Å². The van der Waals surface area contributed by atoms with Crippen LogP contribution in [0.25, 0.3) is 0 Å². The third kappa shape index (κ3) is 2.28. The molecule has 0 aromatic heterocycles. The van der Waals surface area contributed by atoms with Gasteiger partial charge < -0.3 is 5.32 Å². The average Bonchev–Trinajstić information content (AvgIpc) is 2.70. The minimum atomic E-state index is -2.75. The van der Waals surface area contributed by atoms with E-state index in [-0.39, 0.29) is 12.0 Å². The van der Waals surface area contributed by atoms with E-state index in [0.29, 0.717) is 16.9 Å². The molecule has 1 aliphatic carbocycles. The lowest BCUT2D eigenvalue weighted by Gasteiger charge is -2.18. The van der Waals surface area contributed by atoms with Gasteiger partial charge in [-0.25, -0.2) is 8.42 Å². The SMILES string of the molecule is C[C@@H]1CS(=O)(=O)C[C@H]1NCC1(C)CC1. The Morgan fingerprint density at radius 1 is 1.36 bits per heavy atom. The van der Waals surface area contributed by atoms with E-state index in [1.165, 1.54) is 12.8 Å². The van der Waals surface area contributed by atoms with Crippen LogP contribution in [0.4, 0.5) is 0 Å². The van der Waals surface area contributed by atoms with E-state index < -0.39 is 9.84 Å². The molecule has 0 amide bonds. The molecule has 1 aliphatic heterocycles. The maximum absolute atomic E-state index is 11.4. The lowest BCUT2D eigenvalue weighted by Crippen LogP contribution is -2.37. The zero-order chi connectivity index (χ0) is 10.4. The van der Waals surface area contributed by atoms with Crippen molar-refractivity contribution in [3.8, 4) is 0 Å². The van der Waals surface area contributed by atoms with Gasteiger partial charge in [0.15, 0.2) is 9.84 Å². The van der Waals surface area contributed by atoms with Gasteiger partial charge in [-0.3, -0.25) is 0 Å². The Morgan fingerprint density at radius 3 is 2.43 bits per heavy atom. The van der Waals surface area contributed by atoms with E-state index in [1.54, 1.807) is 0 Å². The van der Waals surface area contributed by atoms with Crippen LogP contribution in [0.3, 0.4) is 0 Å². The normalized spacial score (nSPS) is 38.4. The monoisotopic (exact) mass is 217 g/mol. The molecule has 1 N–H and O–H groups in total. The van der Waals surface area contributed by atoms with Crippen molar-refractivity contribution in [1.29, 1.82) is 0 Å². The molecule has 2 atom stereocenters. The molecule has 3 nitrogen and oxygen atoms in total. The molecule has 0 radical (unpaired) electrons. The molecule has 2 fully saturated rings. The molecule has 0 bridgehead atoms. The highest BCUT2D eigenvalue weighted by Gasteiger charge is 2.40. The molecule has 1 heterocycles. The molecule has 0 aromatic rings. The van der Waals surface area contributed by atoms with E-state index in [9.17, 15) is 8.42 Å². The zero-order valence-electron chi connectivity index (χ0n) is 8.91. The van der Waals surface area contributed by atoms with Gasteiger partial charge in [0.1, 0.15) is 0 Å². The summed E-state index contributed by atoms with van der Waals surface area (Å²) in [5.41, 5.74) is 0.464. The Hall–Kier alpha value is -0.0900. The second-order valence-electron chi connectivity index (χ2n) is 5.35. The Kier molecular flexibility index (Phi) is 2.39. The number of rotatable bonds is 3. The van der Waals surface area contributed by atoms with E-state index in [2.05, 4.69) is 12.2 Å². The fourth-order valence-electron chi connectivity index (χ4n) is 2.05. The first kappa shape index (κ1) is 10.4. The first-order valence-electron chi connectivity index (χ1n) is 5.34. The van der Waals surface area contributed by atoms with Gasteiger partial charge >= 0.3 is 0 Å². The van der Waals surface area contributed by atoms with Gasteiger partial charge in [0.2, 0.25) is 0 Å². The molecule has 0 aromatic carbocycles. The molecule has 14 heavy (non-hydrogen) atoms. The first-order chi connectivity index (χ1) is 6.40. The molecule has 0 unspecified atom stereocenters. The Balaban J connectivity index is 1.87. The van der Waals surface area contributed by atoms with Gasteiger partial charge in [0.05, 0.1) is 11.5 Å². The summed E-state index contributed by atoms with van der Waals surface area (Å²) in [6.07, 6.45) is 2.57. The summed E-state index contributed by atoms with van der Waals surface area (Å²) in [5.74, 6) is 0.980. The number of hydrogen-bond donors (Lipinski definition) is 1. The van der Waals surface area contributed by atoms with Gasteiger partial charge in [-0.15, -0.1) is 0 Å². The molecular weight excluding hydrogens is 198 g/mol. The summed E-state index contributed by atoms with van der Waals surface area (Å²) in [7, 11) is -2.75. The van der Waals surface area contributed by atoms with Crippen molar-refractivity contribution in [2.24, 2.45) is 11.3 Å². The van der Waals surface area contributed by atoms with Crippen LogP contribution >= 0.6 is 0 Å². The summed E-state index contributed by atoms with van der Waals surface area (Å²) < 4.78 is 22.7. The molecule has 1 saturated heterocycles. The molecule has 1 saturated carbocycles. The van der Waals surface area contributed by atoms with Crippen molar-refractivity contribution in [2.45, 2.75) is 32.7 Å². The van der Waals surface area contributed by atoms with Gasteiger partial charge in [0.25, 0.3) is 0 Å². The van der Waals surface area contributed by atoms with Crippen molar-refractivity contribution < 1.29 is 8.42 Å². The summed E-state index contributed by atoms with van der Waals surface area (Å²) in [5, 5.41) is 3.41. The topological polar surface area (TPSA) is 46.2 Å². The highest BCUT2D eigenvalue weighted by Crippen LogP contribution is 2.44. The quantitative estimate of drug-likeness (QED) is 0.761. The predicted octanol–water partition coefficient (Wildman–Crippen LogP) is 0.809. The summed E-state index contributed by atoms with van der Waals surface area (Å²) >= 11 is 0. The molecule has 0 spiro atoms. The predicted molar refractivity (Wildman–Crippen MR) is 56.9 cm³/mol. The largest absolute Gasteiger partial charge is 0.312 e. The van der Waals surface area contributed by atoms with Crippen LogP contribution in [0.2, 0.25) is 0 Å². The summed E-state index contributed by atoms with van der Waals surface area (Å²) in [6, 6.07) is 0.192. The standard InChI is InChI=1S/C10H19NO2S/c1-8-5-14(12,13)6-9(8)11-7-10(2)3-4-10/h8-9,11H,3-7H2,1-2H3/t8-,9-/m1/s1. The van der Waals surface area contributed by atoms with Crippen LogP contribution in [-0.2, 0) is 9.84 Å². The zero-order valence-corrected chi connectivity index (χ0v) is 9.73. The smallest absolute Gasteiger partial charge is 0.152 e. The van der Waals surface area contributed by atoms with E-state index in [1.807, 2.05) is 6.92 Å². The van der Waals surface area contributed by atoms with Crippen LogP contribution in [0.15, 0.2) is 0 Å². The lowest BCUT2D eigenvalue weighted by molar-refractivity contribution is 0.401. The third-order valence-electron chi connectivity index (χ3n) is 3.53.